The minimum Gasteiger partial charge on any atom is -0.351 e. The second kappa shape index (κ2) is 5.37. The number of amides is 2. The van der Waals surface area contributed by atoms with E-state index in [1.165, 1.54) is 12.1 Å². The minimum atomic E-state index is -0.331. The maximum absolute atomic E-state index is 13.2. The smallest absolute Gasteiger partial charge is 0.270 e. The first kappa shape index (κ1) is 14.2. The molecule has 2 aromatic rings. The van der Waals surface area contributed by atoms with Crippen molar-refractivity contribution in [2.24, 2.45) is 5.92 Å². The second-order valence-corrected chi connectivity index (χ2v) is 6.43. The van der Waals surface area contributed by atoms with E-state index in [9.17, 15) is 14.0 Å². The Balaban J connectivity index is 1.44. The molecule has 1 aromatic carbocycles. The van der Waals surface area contributed by atoms with E-state index >= 15 is 0 Å². The first-order valence-electron chi connectivity index (χ1n) is 7.98. The second-order valence-electron chi connectivity index (χ2n) is 6.43. The highest BCUT2D eigenvalue weighted by Crippen LogP contribution is 2.29. The van der Waals surface area contributed by atoms with Crippen molar-refractivity contribution in [2.75, 3.05) is 13.1 Å². The molecule has 1 aliphatic carbocycles. The number of aromatic amines is 1. The number of hydrogen-bond donors (Lipinski definition) is 2. The molecule has 2 N–H and O–H groups in total. The molecule has 23 heavy (non-hydrogen) atoms. The number of halogens is 1. The van der Waals surface area contributed by atoms with E-state index in [1.807, 2.05) is 0 Å². The van der Waals surface area contributed by atoms with E-state index < -0.39 is 0 Å². The summed E-state index contributed by atoms with van der Waals surface area (Å²) in [6, 6.07) is 6.20. The fraction of sp³-hybridized carbons (Fsp3) is 0.412. The quantitative estimate of drug-likeness (QED) is 0.910. The van der Waals surface area contributed by atoms with Gasteiger partial charge in [0.25, 0.3) is 5.91 Å². The lowest BCUT2D eigenvalue weighted by Gasteiger charge is -2.16. The fourth-order valence-corrected chi connectivity index (χ4v) is 3.11. The molecule has 0 radical (unpaired) electrons. The van der Waals surface area contributed by atoms with E-state index in [4.69, 9.17) is 0 Å². The maximum Gasteiger partial charge on any atom is 0.270 e. The van der Waals surface area contributed by atoms with Crippen molar-refractivity contribution in [3.63, 3.8) is 0 Å². The van der Waals surface area contributed by atoms with Gasteiger partial charge in [-0.15, -0.1) is 0 Å². The standard InChI is InChI=1S/C17H18FN3O2/c18-12-4-3-11-7-15(20-14(11)8-12)17(23)21-6-5-13(9-21)19-16(22)10-1-2-10/h3-4,7-8,10,13,20H,1-2,5-6,9H2,(H,19,22). The number of likely N-dealkylation sites (tertiary alicyclic amines) is 1. The van der Waals surface area contributed by atoms with Crippen LogP contribution in [0.4, 0.5) is 4.39 Å². The van der Waals surface area contributed by atoms with Crippen LogP contribution in [0.15, 0.2) is 24.3 Å². The molecule has 2 fully saturated rings. The summed E-state index contributed by atoms with van der Waals surface area (Å²) in [4.78, 5) is 29.1. The summed E-state index contributed by atoms with van der Waals surface area (Å²) < 4.78 is 13.2. The molecular formula is C17H18FN3O2. The highest BCUT2D eigenvalue weighted by molar-refractivity contribution is 5.98. The van der Waals surface area contributed by atoms with Crippen LogP contribution in [-0.2, 0) is 4.79 Å². The zero-order valence-electron chi connectivity index (χ0n) is 12.6. The number of carbonyl (C=O) groups excluding carboxylic acids is 2. The predicted octanol–water partition coefficient (Wildman–Crippen LogP) is 2.05. The van der Waals surface area contributed by atoms with Crippen molar-refractivity contribution in [2.45, 2.75) is 25.3 Å². The van der Waals surface area contributed by atoms with Gasteiger partial charge in [0.1, 0.15) is 11.5 Å². The molecule has 1 unspecified atom stereocenters. The molecule has 1 saturated carbocycles. The van der Waals surface area contributed by atoms with Crippen LogP contribution >= 0.6 is 0 Å². The van der Waals surface area contributed by atoms with Crippen LogP contribution in [0.25, 0.3) is 10.9 Å². The monoisotopic (exact) mass is 315 g/mol. The minimum absolute atomic E-state index is 0.0360. The Kier molecular flexibility index (Phi) is 3.32. The Hall–Kier alpha value is -2.37. The average Bonchev–Trinajstić information content (AvgIpc) is 3.15. The largest absolute Gasteiger partial charge is 0.351 e. The number of fused-ring (bicyclic) bond motifs is 1. The van der Waals surface area contributed by atoms with E-state index in [2.05, 4.69) is 10.3 Å². The molecular weight excluding hydrogens is 297 g/mol. The molecule has 6 heteroatoms. The Labute approximate surface area is 132 Å². The van der Waals surface area contributed by atoms with Crippen molar-refractivity contribution in [1.82, 2.24) is 15.2 Å². The van der Waals surface area contributed by atoms with Crippen LogP contribution in [-0.4, -0.2) is 40.8 Å². The number of benzene rings is 1. The summed E-state index contributed by atoms with van der Waals surface area (Å²) in [5, 5.41) is 3.83. The third kappa shape index (κ3) is 2.81. The summed E-state index contributed by atoms with van der Waals surface area (Å²) in [7, 11) is 0. The van der Waals surface area contributed by atoms with Gasteiger partial charge in [-0.3, -0.25) is 9.59 Å². The molecule has 0 spiro atoms. The number of aromatic nitrogens is 1. The summed E-state index contributed by atoms with van der Waals surface area (Å²) in [6.07, 6.45) is 2.73. The lowest BCUT2D eigenvalue weighted by molar-refractivity contribution is -0.122. The lowest BCUT2D eigenvalue weighted by Crippen LogP contribution is -2.39. The Morgan fingerprint density at radius 2 is 2.04 bits per heavy atom. The number of H-pyrrole nitrogens is 1. The van der Waals surface area contributed by atoms with Gasteiger partial charge in [0.15, 0.2) is 0 Å². The van der Waals surface area contributed by atoms with Crippen LogP contribution in [0, 0.1) is 11.7 Å². The van der Waals surface area contributed by atoms with E-state index in [0.717, 1.165) is 24.6 Å². The highest BCUT2D eigenvalue weighted by Gasteiger charge is 2.34. The number of rotatable bonds is 3. The zero-order valence-corrected chi connectivity index (χ0v) is 12.6. The predicted molar refractivity (Wildman–Crippen MR) is 83.4 cm³/mol. The van der Waals surface area contributed by atoms with Crippen molar-refractivity contribution >= 4 is 22.7 Å². The van der Waals surface area contributed by atoms with E-state index in [0.29, 0.717) is 24.3 Å². The van der Waals surface area contributed by atoms with Crippen molar-refractivity contribution < 1.29 is 14.0 Å². The van der Waals surface area contributed by atoms with E-state index in [1.54, 1.807) is 17.0 Å². The topological polar surface area (TPSA) is 65.2 Å². The summed E-state index contributed by atoms with van der Waals surface area (Å²) in [5.74, 6) is -0.138. The molecule has 2 heterocycles. The van der Waals surface area contributed by atoms with Crippen molar-refractivity contribution in [3.8, 4) is 0 Å². The van der Waals surface area contributed by atoms with Gasteiger partial charge in [-0.25, -0.2) is 4.39 Å². The molecule has 120 valence electrons. The Bertz CT molecular complexity index is 781. The van der Waals surface area contributed by atoms with Gasteiger partial charge in [-0.05, 0) is 43.5 Å². The maximum atomic E-state index is 13.2. The van der Waals surface area contributed by atoms with Crippen LogP contribution in [0.1, 0.15) is 29.8 Å². The number of carbonyl (C=O) groups is 2. The molecule has 1 atom stereocenters. The fourth-order valence-electron chi connectivity index (χ4n) is 3.11. The van der Waals surface area contributed by atoms with Crippen LogP contribution in [0.3, 0.4) is 0 Å². The van der Waals surface area contributed by atoms with Crippen LogP contribution in [0.2, 0.25) is 0 Å². The van der Waals surface area contributed by atoms with E-state index in [-0.39, 0.29) is 29.6 Å². The third-order valence-corrected chi connectivity index (χ3v) is 4.58. The van der Waals surface area contributed by atoms with Gasteiger partial charge in [0.2, 0.25) is 5.91 Å². The first-order chi connectivity index (χ1) is 11.1. The average molecular weight is 315 g/mol. The SMILES string of the molecule is O=C(NC1CCN(C(=O)c2cc3ccc(F)cc3[nH]2)C1)C1CC1. The summed E-state index contributed by atoms with van der Waals surface area (Å²) in [6.45, 7) is 1.15. The number of nitrogens with one attached hydrogen (secondary N) is 2. The Morgan fingerprint density at radius 1 is 1.22 bits per heavy atom. The summed E-state index contributed by atoms with van der Waals surface area (Å²) >= 11 is 0. The van der Waals surface area contributed by atoms with Gasteiger partial charge in [0.05, 0.1) is 0 Å². The van der Waals surface area contributed by atoms with Crippen molar-refractivity contribution in [3.05, 3.63) is 35.8 Å². The Morgan fingerprint density at radius 3 is 2.83 bits per heavy atom. The lowest BCUT2D eigenvalue weighted by atomic mass is 10.2. The van der Waals surface area contributed by atoms with Crippen LogP contribution in [0.5, 0.6) is 0 Å². The zero-order chi connectivity index (χ0) is 16.0. The highest BCUT2D eigenvalue weighted by atomic mass is 19.1. The molecule has 2 aliphatic rings. The normalized spacial score (nSPS) is 20.9. The van der Waals surface area contributed by atoms with Gasteiger partial charge < -0.3 is 15.2 Å². The van der Waals surface area contributed by atoms with Crippen molar-refractivity contribution in [1.29, 1.82) is 0 Å². The summed E-state index contributed by atoms with van der Waals surface area (Å²) in [5.41, 5.74) is 1.07. The molecule has 1 aromatic heterocycles. The van der Waals surface area contributed by atoms with Gasteiger partial charge >= 0.3 is 0 Å². The molecule has 4 rings (SSSR count). The molecule has 1 aliphatic heterocycles. The number of nitrogens with zero attached hydrogens (tertiary/aromatic N) is 1. The third-order valence-electron chi connectivity index (χ3n) is 4.58. The van der Waals surface area contributed by atoms with Gasteiger partial charge in [0, 0.05) is 36.0 Å². The molecule has 2 amide bonds. The molecule has 5 nitrogen and oxygen atoms in total. The van der Waals surface area contributed by atoms with Crippen LogP contribution < -0.4 is 5.32 Å². The number of hydrogen-bond acceptors (Lipinski definition) is 2. The first-order valence-corrected chi connectivity index (χ1v) is 7.98. The van der Waals surface area contributed by atoms with Gasteiger partial charge in [-0.1, -0.05) is 0 Å². The molecule has 1 saturated heterocycles. The molecule has 0 bridgehead atoms. The van der Waals surface area contributed by atoms with Gasteiger partial charge in [-0.2, -0.15) is 0 Å².